The summed E-state index contributed by atoms with van der Waals surface area (Å²) in [5.41, 5.74) is 0.662. The lowest BCUT2D eigenvalue weighted by Crippen LogP contribution is -1.89. The lowest BCUT2D eigenvalue weighted by atomic mass is 11.0. The van der Waals surface area contributed by atoms with E-state index in [0.717, 1.165) is 16.1 Å². The second-order valence-electron chi connectivity index (χ2n) is 1.11. The Labute approximate surface area is 34.2 Å². The monoisotopic (exact) mass is 86.0 g/mol. The molecule has 2 radical (unpaired) electrons. The molecule has 1 atom stereocenters. The van der Waals surface area contributed by atoms with Crippen LogP contribution in [0.5, 0.6) is 0 Å². The second kappa shape index (κ2) is 1.10. The Morgan fingerprint density at radius 3 is 2.60 bits per heavy atom. The van der Waals surface area contributed by atoms with Crippen LogP contribution in [0, 0.1) is 0 Å². The van der Waals surface area contributed by atoms with Gasteiger partial charge in [0.05, 0.1) is 21.9 Å². The number of epoxide rings is 1. The van der Waals surface area contributed by atoms with Gasteiger partial charge in [-0.1, -0.05) is 6.55 Å². The molecule has 0 aromatic carbocycles. The molecule has 1 saturated heterocycles. The van der Waals surface area contributed by atoms with E-state index in [-0.39, 0.29) is 0 Å². The van der Waals surface area contributed by atoms with E-state index in [1.807, 2.05) is 0 Å². The fourth-order valence-corrected chi connectivity index (χ4v) is 0.644. The van der Waals surface area contributed by atoms with Crippen molar-refractivity contribution in [3.63, 3.8) is 0 Å². The molecule has 0 N–H and O–H groups in total. The largest absolute Gasteiger partial charge is 0.378 e. The van der Waals surface area contributed by atoms with Crippen molar-refractivity contribution in [2.24, 2.45) is 0 Å². The third-order valence-corrected chi connectivity index (χ3v) is 1.63. The molecule has 1 fully saturated rings. The molecule has 0 spiro atoms. The SMILES string of the molecule is C[Si]C1CO1. The summed E-state index contributed by atoms with van der Waals surface area (Å²) in [5.74, 6) is 0. The molecule has 0 aliphatic carbocycles. The van der Waals surface area contributed by atoms with E-state index < -0.39 is 0 Å². The van der Waals surface area contributed by atoms with Crippen molar-refractivity contribution in [1.82, 2.24) is 0 Å². The zero-order valence-electron chi connectivity index (χ0n) is 3.19. The molecule has 2 heteroatoms. The Morgan fingerprint density at radius 1 is 2.00 bits per heavy atom. The van der Waals surface area contributed by atoms with Gasteiger partial charge >= 0.3 is 0 Å². The van der Waals surface area contributed by atoms with Crippen LogP contribution in [0.1, 0.15) is 0 Å². The molecular weight excluding hydrogens is 80.1 g/mol. The molecule has 1 heterocycles. The van der Waals surface area contributed by atoms with Crippen molar-refractivity contribution in [3.05, 3.63) is 0 Å². The predicted octanol–water partition coefficient (Wildman–Crippen LogP) is 0.0950. The maximum absolute atomic E-state index is 4.87. The average molecular weight is 86.2 g/mol. The molecule has 1 aliphatic rings. The van der Waals surface area contributed by atoms with Crippen LogP contribution in [0.25, 0.3) is 0 Å². The highest BCUT2D eigenvalue weighted by Gasteiger charge is 2.18. The maximum Gasteiger partial charge on any atom is 0.0775 e. The minimum absolute atomic E-state index is 0.662. The molecule has 0 aromatic heterocycles. The van der Waals surface area contributed by atoms with Crippen LogP contribution < -0.4 is 0 Å². The Balaban J connectivity index is 2.00. The number of hydrogen-bond donors (Lipinski definition) is 0. The van der Waals surface area contributed by atoms with E-state index in [2.05, 4.69) is 6.55 Å². The highest BCUT2D eigenvalue weighted by molar-refractivity contribution is 6.36. The second-order valence-corrected chi connectivity index (χ2v) is 2.33. The lowest BCUT2D eigenvalue weighted by Gasteiger charge is -1.66. The quantitative estimate of drug-likeness (QED) is 0.325. The van der Waals surface area contributed by atoms with Gasteiger partial charge in [-0.25, -0.2) is 0 Å². The standard InChI is InChI=1S/C3H6OSi/c1-5-3-2-4-3/h3H,2H2,1H3. The van der Waals surface area contributed by atoms with Gasteiger partial charge in [-0.2, -0.15) is 0 Å². The van der Waals surface area contributed by atoms with Gasteiger partial charge in [-0.3, -0.25) is 0 Å². The van der Waals surface area contributed by atoms with Gasteiger partial charge in [-0.05, 0) is 0 Å². The maximum atomic E-state index is 4.87. The fourth-order valence-electron chi connectivity index (χ4n) is 0.215. The van der Waals surface area contributed by atoms with E-state index >= 15 is 0 Å². The van der Waals surface area contributed by atoms with Crippen LogP contribution in [0.3, 0.4) is 0 Å². The summed E-state index contributed by atoms with van der Waals surface area (Å²) in [4.78, 5) is 0. The number of hydrogen-bond acceptors (Lipinski definition) is 1. The molecule has 0 bridgehead atoms. The first-order valence-electron chi connectivity index (χ1n) is 1.72. The Morgan fingerprint density at radius 2 is 2.60 bits per heavy atom. The molecule has 1 aliphatic heterocycles. The van der Waals surface area contributed by atoms with Gasteiger partial charge in [0.1, 0.15) is 0 Å². The van der Waals surface area contributed by atoms with Crippen molar-refractivity contribution in [2.45, 2.75) is 12.3 Å². The van der Waals surface area contributed by atoms with Crippen molar-refractivity contribution in [1.29, 1.82) is 0 Å². The van der Waals surface area contributed by atoms with E-state index in [9.17, 15) is 0 Å². The van der Waals surface area contributed by atoms with Gasteiger partial charge in [0.25, 0.3) is 0 Å². The third-order valence-electron chi connectivity index (χ3n) is 0.655. The molecule has 5 heavy (non-hydrogen) atoms. The molecular formula is C3H6OSi. The van der Waals surface area contributed by atoms with Crippen LogP contribution in [-0.4, -0.2) is 21.9 Å². The van der Waals surface area contributed by atoms with Gasteiger partial charge < -0.3 is 4.74 Å². The van der Waals surface area contributed by atoms with E-state index in [1.165, 1.54) is 0 Å². The molecule has 28 valence electrons. The van der Waals surface area contributed by atoms with Crippen LogP contribution in [0.2, 0.25) is 6.55 Å². The van der Waals surface area contributed by atoms with Crippen molar-refractivity contribution in [3.8, 4) is 0 Å². The predicted molar refractivity (Wildman–Crippen MR) is 21.4 cm³/mol. The van der Waals surface area contributed by atoms with Crippen LogP contribution >= 0.6 is 0 Å². The van der Waals surface area contributed by atoms with Crippen molar-refractivity contribution in [2.75, 3.05) is 6.61 Å². The third kappa shape index (κ3) is 0.739. The van der Waals surface area contributed by atoms with Crippen molar-refractivity contribution < 1.29 is 4.74 Å². The summed E-state index contributed by atoms with van der Waals surface area (Å²) >= 11 is 0. The Kier molecular flexibility index (Phi) is 0.745. The highest BCUT2D eigenvalue weighted by Crippen LogP contribution is 2.04. The van der Waals surface area contributed by atoms with E-state index in [4.69, 9.17) is 4.74 Å². The summed E-state index contributed by atoms with van der Waals surface area (Å²) in [6.45, 7) is 3.19. The summed E-state index contributed by atoms with van der Waals surface area (Å²) in [7, 11) is 1.00. The molecule has 1 rings (SSSR count). The average Bonchev–Trinajstić information content (AvgIpc) is 2.12. The summed E-state index contributed by atoms with van der Waals surface area (Å²) < 4.78 is 4.87. The van der Waals surface area contributed by atoms with Gasteiger partial charge in [0, 0.05) is 0 Å². The first-order valence-corrected chi connectivity index (χ1v) is 3.30. The molecule has 0 aromatic rings. The minimum atomic E-state index is 0.662. The molecule has 1 nitrogen and oxygen atoms in total. The normalized spacial score (nSPS) is 34.2. The van der Waals surface area contributed by atoms with Gasteiger partial charge in [0.2, 0.25) is 0 Å². The van der Waals surface area contributed by atoms with Crippen molar-refractivity contribution >= 4 is 9.52 Å². The minimum Gasteiger partial charge on any atom is -0.378 e. The Bertz CT molecular complexity index is 33.9. The summed E-state index contributed by atoms with van der Waals surface area (Å²) in [6, 6.07) is 0. The smallest absolute Gasteiger partial charge is 0.0775 e. The Hall–Kier alpha value is 0.177. The molecule has 1 unspecified atom stereocenters. The van der Waals surface area contributed by atoms with Crippen LogP contribution in [0.4, 0.5) is 0 Å². The summed E-state index contributed by atoms with van der Waals surface area (Å²) in [6.07, 6.45) is 0. The van der Waals surface area contributed by atoms with Gasteiger partial charge in [-0.15, -0.1) is 0 Å². The molecule has 0 amide bonds. The summed E-state index contributed by atoms with van der Waals surface area (Å²) in [5, 5.41) is 0. The first kappa shape index (κ1) is 3.37. The number of ether oxygens (including phenoxy) is 1. The topological polar surface area (TPSA) is 12.5 Å². The fraction of sp³-hybridized carbons (Fsp3) is 1.00. The molecule has 0 saturated carbocycles. The lowest BCUT2D eigenvalue weighted by molar-refractivity contribution is 0.455. The van der Waals surface area contributed by atoms with Crippen LogP contribution in [0.15, 0.2) is 0 Å². The van der Waals surface area contributed by atoms with E-state index in [1.54, 1.807) is 0 Å². The first-order chi connectivity index (χ1) is 2.43. The highest BCUT2D eigenvalue weighted by atomic mass is 28.2. The van der Waals surface area contributed by atoms with Gasteiger partial charge in [0.15, 0.2) is 0 Å². The zero-order chi connectivity index (χ0) is 3.70. The van der Waals surface area contributed by atoms with Crippen LogP contribution in [-0.2, 0) is 4.74 Å². The number of rotatable bonds is 1. The van der Waals surface area contributed by atoms with E-state index in [0.29, 0.717) is 5.73 Å². The zero-order valence-corrected chi connectivity index (χ0v) is 4.19.